The monoisotopic (exact) mass is 340 g/mol. The van der Waals surface area contributed by atoms with Gasteiger partial charge in [0.1, 0.15) is 5.01 Å². The fourth-order valence-corrected chi connectivity index (χ4v) is 4.41. The van der Waals surface area contributed by atoms with Gasteiger partial charge in [-0.3, -0.25) is 0 Å². The van der Waals surface area contributed by atoms with E-state index < -0.39 is 0 Å². The molecule has 0 bridgehead atoms. The van der Waals surface area contributed by atoms with Crippen LogP contribution in [0.4, 0.5) is 0 Å². The first-order valence-electron chi connectivity index (χ1n) is 7.02. The van der Waals surface area contributed by atoms with E-state index in [4.69, 9.17) is 28.2 Å². The lowest BCUT2D eigenvalue weighted by Gasteiger charge is -2.34. The molecule has 21 heavy (non-hydrogen) atoms. The highest BCUT2D eigenvalue weighted by molar-refractivity contribution is 7.15. The first kappa shape index (κ1) is 15.3. The zero-order valence-corrected chi connectivity index (χ0v) is 14.7. The third-order valence-electron chi connectivity index (χ3n) is 3.96. The molecule has 1 unspecified atom stereocenters. The summed E-state index contributed by atoms with van der Waals surface area (Å²) in [6.45, 7) is 4.61. The topological polar surface area (TPSA) is 24.9 Å². The molecule has 2 nitrogen and oxygen atoms in total. The van der Waals surface area contributed by atoms with Crippen LogP contribution in [-0.4, -0.2) is 12.0 Å². The Bertz CT molecular complexity index is 679. The number of hydrogen-bond donors (Lipinski definition) is 1. The Kier molecular flexibility index (Phi) is 4.04. The third-order valence-corrected chi connectivity index (χ3v) is 5.96. The summed E-state index contributed by atoms with van der Waals surface area (Å²) in [4.78, 5) is 6.22. The van der Waals surface area contributed by atoms with Gasteiger partial charge in [0.2, 0.25) is 0 Å². The molecule has 1 N–H and O–H groups in total. The molecule has 3 rings (SSSR count). The molecule has 1 atom stereocenters. The fraction of sp³-hybridized carbons (Fsp3) is 0.438. The quantitative estimate of drug-likeness (QED) is 0.796. The van der Waals surface area contributed by atoms with Crippen LogP contribution in [0.15, 0.2) is 18.2 Å². The summed E-state index contributed by atoms with van der Waals surface area (Å²) in [5, 5.41) is 5.61. The molecule has 1 aromatic carbocycles. The van der Waals surface area contributed by atoms with E-state index >= 15 is 0 Å². The molecule has 1 aliphatic carbocycles. The van der Waals surface area contributed by atoms with Crippen LogP contribution in [0.2, 0.25) is 10.0 Å². The van der Waals surface area contributed by atoms with Gasteiger partial charge in [-0.2, -0.15) is 0 Å². The van der Waals surface area contributed by atoms with Crippen molar-refractivity contribution in [3.8, 4) is 10.6 Å². The number of thiazole rings is 1. The van der Waals surface area contributed by atoms with Crippen molar-refractivity contribution in [2.24, 2.45) is 5.41 Å². The molecule has 0 saturated heterocycles. The van der Waals surface area contributed by atoms with Crippen LogP contribution < -0.4 is 5.32 Å². The smallest absolute Gasteiger partial charge is 0.123 e. The molecule has 5 heteroatoms. The molecule has 0 radical (unpaired) electrons. The van der Waals surface area contributed by atoms with Gasteiger partial charge in [-0.1, -0.05) is 43.1 Å². The van der Waals surface area contributed by atoms with Crippen molar-refractivity contribution in [1.82, 2.24) is 10.3 Å². The third kappa shape index (κ3) is 2.98. The first-order chi connectivity index (χ1) is 9.89. The van der Waals surface area contributed by atoms with Crippen LogP contribution in [0.3, 0.4) is 0 Å². The second kappa shape index (κ2) is 5.54. The van der Waals surface area contributed by atoms with E-state index in [9.17, 15) is 0 Å². The SMILES string of the molecule is CNC1CC(C)(C)Cc2nc(-c3ccc(Cl)c(Cl)c3)sc21. The molecule has 0 fully saturated rings. The molecule has 0 saturated carbocycles. The van der Waals surface area contributed by atoms with Crippen molar-refractivity contribution in [2.45, 2.75) is 32.7 Å². The summed E-state index contributed by atoms with van der Waals surface area (Å²) in [6, 6.07) is 6.10. The van der Waals surface area contributed by atoms with Gasteiger partial charge in [0.15, 0.2) is 0 Å². The Morgan fingerprint density at radius 2 is 2.05 bits per heavy atom. The Labute approximate surface area is 139 Å². The lowest BCUT2D eigenvalue weighted by atomic mass is 9.76. The number of rotatable bonds is 2. The van der Waals surface area contributed by atoms with Crippen LogP contribution in [0, 0.1) is 5.41 Å². The summed E-state index contributed by atoms with van der Waals surface area (Å²) >= 11 is 13.9. The molecule has 0 aliphatic heterocycles. The molecule has 1 heterocycles. The highest BCUT2D eigenvalue weighted by Gasteiger charge is 2.34. The molecule has 0 spiro atoms. The van der Waals surface area contributed by atoms with Crippen molar-refractivity contribution >= 4 is 34.5 Å². The Morgan fingerprint density at radius 1 is 1.29 bits per heavy atom. The van der Waals surface area contributed by atoms with Crippen molar-refractivity contribution in [3.05, 3.63) is 38.8 Å². The maximum atomic E-state index is 6.12. The van der Waals surface area contributed by atoms with Gasteiger partial charge >= 0.3 is 0 Å². The molecule has 2 aromatic rings. The van der Waals surface area contributed by atoms with Crippen molar-refractivity contribution in [3.63, 3.8) is 0 Å². The second-order valence-electron chi connectivity index (χ2n) is 6.35. The Hall–Kier alpha value is -0.610. The van der Waals surface area contributed by atoms with E-state index in [0.717, 1.165) is 23.4 Å². The summed E-state index contributed by atoms with van der Waals surface area (Å²) in [5.41, 5.74) is 2.54. The molecule has 112 valence electrons. The zero-order chi connectivity index (χ0) is 15.2. The minimum atomic E-state index is 0.281. The molecular weight excluding hydrogens is 323 g/mol. The number of benzene rings is 1. The number of nitrogens with one attached hydrogen (secondary N) is 1. The summed E-state index contributed by atoms with van der Waals surface area (Å²) in [5.74, 6) is 0. The van der Waals surface area contributed by atoms with Crippen LogP contribution in [0.25, 0.3) is 10.6 Å². The predicted molar refractivity (Wildman–Crippen MR) is 91.5 cm³/mol. The van der Waals surface area contributed by atoms with Gasteiger partial charge < -0.3 is 5.32 Å². The van der Waals surface area contributed by atoms with E-state index in [0.29, 0.717) is 16.1 Å². The first-order valence-corrected chi connectivity index (χ1v) is 8.59. The lowest BCUT2D eigenvalue weighted by molar-refractivity contribution is 0.265. The zero-order valence-electron chi connectivity index (χ0n) is 12.3. The maximum absolute atomic E-state index is 6.12. The van der Waals surface area contributed by atoms with Crippen molar-refractivity contribution in [2.75, 3.05) is 7.05 Å². The molecular formula is C16H18Cl2N2S. The van der Waals surface area contributed by atoms with Crippen LogP contribution >= 0.6 is 34.5 Å². The number of fused-ring (bicyclic) bond motifs is 1. The number of aromatic nitrogens is 1. The molecule has 0 amide bonds. The Morgan fingerprint density at radius 3 is 2.71 bits per heavy atom. The van der Waals surface area contributed by atoms with E-state index in [1.807, 2.05) is 25.2 Å². The van der Waals surface area contributed by atoms with E-state index in [-0.39, 0.29) is 5.41 Å². The minimum absolute atomic E-state index is 0.281. The number of nitrogens with zero attached hydrogens (tertiary/aromatic N) is 1. The van der Waals surface area contributed by atoms with E-state index in [1.165, 1.54) is 10.6 Å². The Balaban J connectivity index is 2.04. The number of halogens is 2. The largest absolute Gasteiger partial charge is 0.312 e. The standard InChI is InChI=1S/C16H18Cl2N2S/c1-16(2)7-12(19-3)14-13(8-16)20-15(21-14)9-4-5-10(17)11(18)6-9/h4-6,12,19H,7-8H2,1-3H3. The van der Waals surface area contributed by atoms with Crippen molar-refractivity contribution < 1.29 is 0 Å². The van der Waals surface area contributed by atoms with Crippen molar-refractivity contribution in [1.29, 1.82) is 0 Å². The average Bonchev–Trinajstić information content (AvgIpc) is 2.83. The minimum Gasteiger partial charge on any atom is -0.312 e. The molecule has 1 aromatic heterocycles. The molecule has 1 aliphatic rings. The van der Waals surface area contributed by atoms with Crippen LogP contribution in [0.1, 0.15) is 36.9 Å². The van der Waals surface area contributed by atoms with E-state index in [2.05, 4.69) is 19.2 Å². The summed E-state index contributed by atoms with van der Waals surface area (Å²) in [6.07, 6.45) is 2.16. The highest BCUT2D eigenvalue weighted by atomic mass is 35.5. The normalized spacial score (nSPS) is 20.3. The maximum Gasteiger partial charge on any atom is 0.123 e. The number of hydrogen-bond acceptors (Lipinski definition) is 3. The van der Waals surface area contributed by atoms with Crippen LogP contribution in [-0.2, 0) is 6.42 Å². The van der Waals surface area contributed by atoms with Gasteiger partial charge in [0, 0.05) is 16.5 Å². The summed E-state index contributed by atoms with van der Waals surface area (Å²) in [7, 11) is 2.02. The fourth-order valence-electron chi connectivity index (χ4n) is 2.92. The van der Waals surface area contributed by atoms with Gasteiger partial charge in [-0.15, -0.1) is 11.3 Å². The van der Waals surface area contributed by atoms with Gasteiger partial charge in [0.25, 0.3) is 0 Å². The van der Waals surface area contributed by atoms with Crippen LogP contribution in [0.5, 0.6) is 0 Å². The van der Waals surface area contributed by atoms with Gasteiger partial charge in [-0.25, -0.2) is 4.98 Å². The van der Waals surface area contributed by atoms with E-state index in [1.54, 1.807) is 11.3 Å². The average molecular weight is 341 g/mol. The lowest BCUT2D eigenvalue weighted by Crippen LogP contribution is -2.30. The highest BCUT2D eigenvalue weighted by Crippen LogP contribution is 2.45. The van der Waals surface area contributed by atoms with Gasteiger partial charge in [0.05, 0.1) is 15.7 Å². The second-order valence-corrected chi connectivity index (χ2v) is 8.19. The van der Waals surface area contributed by atoms with Gasteiger partial charge in [-0.05, 0) is 37.4 Å². The predicted octanol–water partition coefficient (Wildman–Crippen LogP) is 5.35. The summed E-state index contributed by atoms with van der Waals surface area (Å²) < 4.78 is 0.